The second kappa shape index (κ2) is 6.30. The van der Waals surface area contributed by atoms with Gasteiger partial charge in [-0.25, -0.2) is 9.97 Å². The third-order valence-electron chi connectivity index (χ3n) is 2.83. The smallest absolute Gasteiger partial charge is 0.125 e. The van der Waals surface area contributed by atoms with E-state index in [1.165, 1.54) is 0 Å². The molecule has 1 atom stereocenters. The van der Waals surface area contributed by atoms with E-state index in [9.17, 15) is 0 Å². The number of nitrogens with two attached hydrogens (primary N) is 1. The molecular formula is C13H14Cl2N4. The first kappa shape index (κ1) is 14.2. The molecule has 6 heteroatoms. The van der Waals surface area contributed by atoms with E-state index in [0.717, 1.165) is 11.3 Å². The Labute approximate surface area is 121 Å². The molecule has 4 nitrogen and oxygen atoms in total. The van der Waals surface area contributed by atoms with E-state index in [4.69, 9.17) is 29.0 Å². The van der Waals surface area contributed by atoms with Crippen molar-refractivity contribution >= 4 is 23.2 Å². The van der Waals surface area contributed by atoms with Gasteiger partial charge < -0.3 is 0 Å². The molecule has 1 unspecified atom stereocenters. The Bertz CT molecular complexity index is 554. The van der Waals surface area contributed by atoms with Gasteiger partial charge in [-0.3, -0.25) is 11.3 Å². The number of halogens is 2. The standard InChI is InChI=1S/C13H14Cl2N4/c1-8-17-6-5-12(18-8)13(19-16)7-9-10(14)3-2-4-11(9)15/h2-6,13,19H,7,16H2,1H3. The topological polar surface area (TPSA) is 63.8 Å². The van der Waals surface area contributed by atoms with Crippen molar-refractivity contribution in [1.82, 2.24) is 15.4 Å². The van der Waals surface area contributed by atoms with Crippen LogP contribution in [0.5, 0.6) is 0 Å². The van der Waals surface area contributed by atoms with Gasteiger partial charge in [0.1, 0.15) is 5.82 Å². The van der Waals surface area contributed by atoms with Gasteiger partial charge in [0, 0.05) is 16.2 Å². The molecule has 0 radical (unpaired) electrons. The van der Waals surface area contributed by atoms with Crippen molar-refractivity contribution in [2.75, 3.05) is 0 Å². The minimum Gasteiger partial charge on any atom is -0.271 e. The largest absolute Gasteiger partial charge is 0.271 e. The van der Waals surface area contributed by atoms with E-state index >= 15 is 0 Å². The van der Waals surface area contributed by atoms with Gasteiger partial charge in [0.05, 0.1) is 11.7 Å². The predicted octanol–water partition coefficient (Wildman–Crippen LogP) is 2.84. The Hall–Kier alpha value is -1.20. The molecule has 0 aliphatic rings. The molecule has 1 aromatic carbocycles. The molecule has 0 bridgehead atoms. The maximum Gasteiger partial charge on any atom is 0.125 e. The van der Waals surface area contributed by atoms with Crippen molar-refractivity contribution in [1.29, 1.82) is 0 Å². The van der Waals surface area contributed by atoms with Gasteiger partial charge in [0.25, 0.3) is 0 Å². The number of nitrogens with one attached hydrogen (secondary N) is 1. The Morgan fingerprint density at radius 3 is 2.53 bits per heavy atom. The van der Waals surface area contributed by atoms with Gasteiger partial charge in [-0.1, -0.05) is 29.3 Å². The Morgan fingerprint density at radius 1 is 1.26 bits per heavy atom. The van der Waals surface area contributed by atoms with Crippen LogP contribution in [-0.4, -0.2) is 9.97 Å². The first-order valence-electron chi connectivity index (χ1n) is 5.80. The molecule has 0 aliphatic heterocycles. The van der Waals surface area contributed by atoms with E-state index < -0.39 is 0 Å². The molecule has 100 valence electrons. The van der Waals surface area contributed by atoms with E-state index in [2.05, 4.69) is 15.4 Å². The summed E-state index contributed by atoms with van der Waals surface area (Å²) in [6.07, 6.45) is 2.27. The molecule has 0 aliphatic carbocycles. The van der Waals surface area contributed by atoms with Crippen LogP contribution in [0, 0.1) is 6.92 Å². The molecular weight excluding hydrogens is 283 g/mol. The zero-order valence-electron chi connectivity index (χ0n) is 10.4. The van der Waals surface area contributed by atoms with Crippen molar-refractivity contribution in [3.8, 4) is 0 Å². The lowest BCUT2D eigenvalue weighted by atomic mass is 10.0. The number of aryl methyl sites for hydroxylation is 1. The lowest BCUT2D eigenvalue weighted by Crippen LogP contribution is -2.30. The normalized spacial score (nSPS) is 12.4. The van der Waals surface area contributed by atoms with E-state index in [-0.39, 0.29) is 6.04 Å². The molecule has 0 fully saturated rings. The van der Waals surface area contributed by atoms with Crippen LogP contribution in [0.25, 0.3) is 0 Å². The molecule has 0 amide bonds. The zero-order valence-corrected chi connectivity index (χ0v) is 11.9. The number of hydrogen-bond donors (Lipinski definition) is 2. The van der Waals surface area contributed by atoms with Crippen molar-refractivity contribution in [3.05, 3.63) is 57.6 Å². The summed E-state index contributed by atoms with van der Waals surface area (Å²) in [5.74, 6) is 6.30. The number of hydrogen-bond acceptors (Lipinski definition) is 4. The fourth-order valence-electron chi connectivity index (χ4n) is 1.85. The number of aromatic nitrogens is 2. The van der Waals surface area contributed by atoms with Gasteiger partial charge in [-0.05, 0) is 37.1 Å². The molecule has 2 aromatic rings. The molecule has 1 aromatic heterocycles. The summed E-state index contributed by atoms with van der Waals surface area (Å²) in [6, 6.07) is 7.08. The summed E-state index contributed by atoms with van der Waals surface area (Å²) in [5.41, 5.74) is 4.40. The quantitative estimate of drug-likeness (QED) is 0.673. The van der Waals surface area contributed by atoms with Gasteiger partial charge in [-0.15, -0.1) is 0 Å². The Balaban J connectivity index is 2.29. The lowest BCUT2D eigenvalue weighted by molar-refractivity contribution is 0.535. The zero-order chi connectivity index (χ0) is 13.8. The molecule has 3 N–H and O–H groups in total. The van der Waals surface area contributed by atoms with Crippen LogP contribution in [0.4, 0.5) is 0 Å². The van der Waals surface area contributed by atoms with Gasteiger partial charge in [0.2, 0.25) is 0 Å². The first-order valence-corrected chi connectivity index (χ1v) is 6.56. The van der Waals surface area contributed by atoms with Crippen LogP contribution in [-0.2, 0) is 6.42 Å². The number of hydrazine groups is 1. The van der Waals surface area contributed by atoms with Crippen LogP contribution in [0.1, 0.15) is 23.1 Å². The van der Waals surface area contributed by atoms with Gasteiger partial charge in [-0.2, -0.15) is 0 Å². The number of rotatable bonds is 4. The highest BCUT2D eigenvalue weighted by molar-refractivity contribution is 6.36. The van der Waals surface area contributed by atoms with Crippen LogP contribution in [0.15, 0.2) is 30.5 Å². The van der Waals surface area contributed by atoms with Crippen LogP contribution in [0.3, 0.4) is 0 Å². The summed E-state index contributed by atoms with van der Waals surface area (Å²) in [5, 5.41) is 1.25. The molecule has 0 spiro atoms. The van der Waals surface area contributed by atoms with E-state index in [1.807, 2.05) is 31.2 Å². The maximum atomic E-state index is 6.16. The second-order valence-electron chi connectivity index (χ2n) is 4.15. The van der Waals surface area contributed by atoms with Crippen LogP contribution >= 0.6 is 23.2 Å². The molecule has 19 heavy (non-hydrogen) atoms. The number of nitrogens with zero attached hydrogens (tertiary/aromatic N) is 2. The van der Waals surface area contributed by atoms with E-state index in [0.29, 0.717) is 22.3 Å². The Morgan fingerprint density at radius 2 is 1.95 bits per heavy atom. The van der Waals surface area contributed by atoms with Crippen molar-refractivity contribution in [2.24, 2.45) is 5.84 Å². The fraction of sp³-hybridized carbons (Fsp3) is 0.231. The van der Waals surface area contributed by atoms with Gasteiger partial charge >= 0.3 is 0 Å². The highest BCUT2D eigenvalue weighted by atomic mass is 35.5. The summed E-state index contributed by atoms with van der Waals surface area (Å²) in [4.78, 5) is 8.43. The first-order chi connectivity index (χ1) is 9.11. The summed E-state index contributed by atoms with van der Waals surface area (Å²) in [6.45, 7) is 1.83. The fourth-order valence-corrected chi connectivity index (χ4v) is 2.40. The second-order valence-corrected chi connectivity index (χ2v) is 4.97. The Kier molecular flexibility index (Phi) is 4.71. The minimum absolute atomic E-state index is 0.168. The lowest BCUT2D eigenvalue weighted by Gasteiger charge is -2.17. The monoisotopic (exact) mass is 296 g/mol. The highest BCUT2D eigenvalue weighted by Crippen LogP contribution is 2.28. The summed E-state index contributed by atoms with van der Waals surface area (Å²) >= 11 is 12.3. The minimum atomic E-state index is -0.168. The third-order valence-corrected chi connectivity index (χ3v) is 3.53. The van der Waals surface area contributed by atoms with Crippen molar-refractivity contribution in [3.63, 3.8) is 0 Å². The molecule has 0 saturated heterocycles. The average Bonchev–Trinajstić information content (AvgIpc) is 2.38. The van der Waals surface area contributed by atoms with Gasteiger partial charge in [0.15, 0.2) is 0 Å². The van der Waals surface area contributed by atoms with Crippen molar-refractivity contribution < 1.29 is 0 Å². The van der Waals surface area contributed by atoms with E-state index in [1.54, 1.807) is 6.20 Å². The summed E-state index contributed by atoms with van der Waals surface area (Å²) in [7, 11) is 0. The van der Waals surface area contributed by atoms with Crippen LogP contribution in [0.2, 0.25) is 10.0 Å². The maximum absolute atomic E-state index is 6.16. The van der Waals surface area contributed by atoms with Crippen LogP contribution < -0.4 is 11.3 Å². The van der Waals surface area contributed by atoms with Crippen molar-refractivity contribution in [2.45, 2.75) is 19.4 Å². The average molecular weight is 297 g/mol. The third kappa shape index (κ3) is 3.42. The highest BCUT2D eigenvalue weighted by Gasteiger charge is 2.16. The molecule has 1 heterocycles. The molecule has 2 rings (SSSR count). The number of benzene rings is 1. The SMILES string of the molecule is Cc1nccc(C(Cc2c(Cl)cccc2Cl)NN)n1. The molecule has 0 saturated carbocycles. The predicted molar refractivity (Wildman–Crippen MR) is 77.0 cm³/mol. The summed E-state index contributed by atoms with van der Waals surface area (Å²) < 4.78 is 0.